The van der Waals surface area contributed by atoms with Gasteiger partial charge in [0.15, 0.2) is 11.3 Å². The number of nitrogens with zero attached hydrogens (tertiary/aromatic N) is 5. The fourth-order valence-corrected chi connectivity index (χ4v) is 3.30. The molecule has 0 aromatic carbocycles. The Hall–Kier alpha value is -3.36. The van der Waals surface area contributed by atoms with Crippen molar-refractivity contribution in [3.05, 3.63) is 43.1 Å². The van der Waals surface area contributed by atoms with E-state index in [0.29, 0.717) is 49.0 Å². The van der Waals surface area contributed by atoms with E-state index in [9.17, 15) is 9.90 Å². The van der Waals surface area contributed by atoms with Gasteiger partial charge in [-0.25, -0.2) is 14.8 Å². The maximum atomic E-state index is 12.1. The molecule has 3 aromatic heterocycles. The third-order valence-electron chi connectivity index (χ3n) is 4.79. The number of furan rings is 1. The number of hydrogen-bond donors (Lipinski definition) is 2. The summed E-state index contributed by atoms with van der Waals surface area (Å²) in [5, 5.41) is 14.4. The third-order valence-corrected chi connectivity index (χ3v) is 4.79. The first-order chi connectivity index (χ1) is 12.6. The maximum Gasteiger partial charge on any atom is 0.331 e. The van der Waals surface area contributed by atoms with Crippen molar-refractivity contribution in [1.82, 2.24) is 19.7 Å². The Morgan fingerprint density at radius 2 is 2.08 bits per heavy atom. The second kappa shape index (κ2) is 6.17. The van der Waals surface area contributed by atoms with Gasteiger partial charge in [-0.15, -0.1) is 0 Å². The SMILES string of the molecule is Nc1cc(N2CCC(C(=O)O)(n3ccc(-c4ccco4)n3)CC2)ncn1. The Morgan fingerprint density at radius 3 is 2.73 bits per heavy atom. The normalized spacial score (nSPS) is 16.5. The van der Waals surface area contributed by atoms with Gasteiger partial charge >= 0.3 is 5.97 Å². The number of aromatic nitrogens is 4. The smallest absolute Gasteiger partial charge is 0.331 e. The van der Waals surface area contributed by atoms with E-state index in [1.807, 2.05) is 4.90 Å². The Balaban J connectivity index is 1.58. The van der Waals surface area contributed by atoms with Crippen LogP contribution >= 0.6 is 0 Å². The molecule has 1 aliphatic heterocycles. The minimum atomic E-state index is -1.10. The van der Waals surface area contributed by atoms with Gasteiger partial charge in [-0.3, -0.25) is 4.68 Å². The summed E-state index contributed by atoms with van der Waals surface area (Å²) in [6.07, 6.45) is 5.46. The summed E-state index contributed by atoms with van der Waals surface area (Å²) < 4.78 is 6.88. The topological polar surface area (TPSA) is 123 Å². The summed E-state index contributed by atoms with van der Waals surface area (Å²) >= 11 is 0. The highest BCUT2D eigenvalue weighted by Gasteiger charge is 2.44. The van der Waals surface area contributed by atoms with E-state index in [2.05, 4.69) is 15.1 Å². The van der Waals surface area contributed by atoms with Crippen LogP contribution in [0, 0.1) is 0 Å². The second-order valence-electron chi connectivity index (χ2n) is 6.25. The molecule has 0 unspecified atom stereocenters. The number of aliphatic carboxylic acids is 1. The van der Waals surface area contributed by atoms with Gasteiger partial charge < -0.3 is 20.2 Å². The molecule has 0 atom stereocenters. The molecule has 134 valence electrons. The van der Waals surface area contributed by atoms with Crippen LogP contribution in [0.15, 0.2) is 47.5 Å². The molecule has 26 heavy (non-hydrogen) atoms. The quantitative estimate of drug-likeness (QED) is 0.724. The zero-order valence-electron chi connectivity index (χ0n) is 13.9. The Labute approximate surface area is 149 Å². The summed E-state index contributed by atoms with van der Waals surface area (Å²) in [5.74, 6) is 0.806. The fraction of sp³-hybridized carbons (Fsp3) is 0.294. The molecule has 0 amide bonds. The molecule has 0 saturated carbocycles. The van der Waals surface area contributed by atoms with Crippen molar-refractivity contribution in [3.63, 3.8) is 0 Å². The van der Waals surface area contributed by atoms with Crippen molar-refractivity contribution in [2.75, 3.05) is 23.7 Å². The number of anilines is 2. The van der Waals surface area contributed by atoms with Gasteiger partial charge in [0.25, 0.3) is 0 Å². The zero-order valence-corrected chi connectivity index (χ0v) is 13.9. The number of nitrogen functional groups attached to an aromatic ring is 1. The van der Waals surface area contributed by atoms with Crippen LogP contribution in [0.25, 0.3) is 11.5 Å². The minimum absolute atomic E-state index is 0.389. The molecule has 0 bridgehead atoms. The summed E-state index contributed by atoms with van der Waals surface area (Å²) in [6.45, 7) is 1.05. The number of nitrogens with two attached hydrogens (primary N) is 1. The van der Waals surface area contributed by atoms with Crippen LogP contribution in [0.4, 0.5) is 11.6 Å². The number of rotatable bonds is 4. The van der Waals surface area contributed by atoms with E-state index in [-0.39, 0.29) is 0 Å². The predicted octanol–water partition coefficient (Wildman–Crippen LogP) is 1.60. The van der Waals surface area contributed by atoms with Gasteiger partial charge in [-0.2, -0.15) is 5.10 Å². The molecular weight excluding hydrogens is 336 g/mol. The molecule has 0 radical (unpaired) electrons. The highest BCUT2D eigenvalue weighted by atomic mass is 16.4. The fourth-order valence-electron chi connectivity index (χ4n) is 3.30. The van der Waals surface area contributed by atoms with E-state index in [4.69, 9.17) is 10.2 Å². The van der Waals surface area contributed by atoms with Gasteiger partial charge in [0.05, 0.1) is 6.26 Å². The highest BCUT2D eigenvalue weighted by molar-refractivity contribution is 5.77. The van der Waals surface area contributed by atoms with Crippen LogP contribution in [0.3, 0.4) is 0 Å². The number of carboxylic acid groups (broad SMARTS) is 1. The first kappa shape index (κ1) is 16.1. The van der Waals surface area contributed by atoms with Crippen molar-refractivity contribution in [2.24, 2.45) is 0 Å². The molecule has 4 heterocycles. The molecule has 9 heteroatoms. The summed E-state index contributed by atoms with van der Waals surface area (Å²) in [7, 11) is 0. The van der Waals surface area contributed by atoms with E-state index < -0.39 is 11.5 Å². The van der Waals surface area contributed by atoms with Crippen LogP contribution in [0.2, 0.25) is 0 Å². The Kier molecular flexibility index (Phi) is 3.83. The molecular formula is C17H18N6O3. The van der Waals surface area contributed by atoms with Crippen LogP contribution in [0.5, 0.6) is 0 Å². The Morgan fingerprint density at radius 1 is 1.27 bits per heavy atom. The van der Waals surface area contributed by atoms with Gasteiger partial charge in [-0.05, 0) is 18.2 Å². The summed E-state index contributed by atoms with van der Waals surface area (Å²) in [4.78, 5) is 22.2. The van der Waals surface area contributed by atoms with Gasteiger partial charge in [0, 0.05) is 38.2 Å². The van der Waals surface area contributed by atoms with Crippen molar-refractivity contribution in [1.29, 1.82) is 0 Å². The summed E-state index contributed by atoms with van der Waals surface area (Å²) in [5.41, 5.74) is 5.23. The van der Waals surface area contributed by atoms with Crippen molar-refractivity contribution >= 4 is 17.6 Å². The van der Waals surface area contributed by atoms with Crippen molar-refractivity contribution in [2.45, 2.75) is 18.4 Å². The first-order valence-electron chi connectivity index (χ1n) is 8.24. The first-order valence-corrected chi connectivity index (χ1v) is 8.24. The molecule has 4 rings (SSSR count). The average molecular weight is 354 g/mol. The number of carboxylic acids is 1. The lowest BCUT2D eigenvalue weighted by molar-refractivity contribution is -0.149. The number of piperidine rings is 1. The summed E-state index contributed by atoms with van der Waals surface area (Å²) in [6, 6.07) is 7.02. The lowest BCUT2D eigenvalue weighted by atomic mass is 9.87. The molecule has 0 spiro atoms. The van der Waals surface area contributed by atoms with Gasteiger partial charge in [-0.1, -0.05) is 0 Å². The predicted molar refractivity (Wildman–Crippen MR) is 93.4 cm³/mol. The van der Waals surface area contributed by atoms with Crippen LogP contribution in [-0.2, 0) is 10.3 Å². The second-order valence-corrected chi connectivity index (χ2v) is 6.25. The van der Waals surface area contributed by atoms with Gasteiger partial charge in [0.2, 0.25) is 0 Å². The number of carbonyl (C=O) groups is 1. The molecule has 1 fully saturated rings. The third kappa shape index (κ3) is 2.67. The highest BCUT2D eigenvalue weighted by Crippen LogP contribution is 2.33. The number of hydrogen-bond acceptors (Lipinski definition) is 7. The molecule has 0 aliphatic carbocycles. The molecule has 1 aliphatic rings. The minimum Gasteiger partial charge on any atom is -0.479 e. The standard InChI is InChI=1S/C17H18N6O3/c18-14-10-15(20-11-19-14)22-7-4-17(5-8-22,16(24)25)23-6-3-12(21-23)13-2-1-9-26-13/h1-3,6,9-11H,4-5,7-8H2,(H,24,25)(H2,18,19,20). The monoisotopic (exact) mass is 354 g/mol. The Bertz CT molecular complexity index is 912. The average Bonchev–Trinajstić information content (AvgIpc) is 3.33. The lowest BCUT2D eigenvalue weighted by Gasteiger charge is -2.39. The van der Waals surface area contributed by atoms with E-state index in [1.165, 1.54) is 6.33 Å². The zero-order chi connectivity index (χ0) is 18.1. The van der Waals surface area contributed by atoms with E-state index in [1.54, 1.807) is 41.4 Å². The van der Waals surface area contributed by atoms with Gasteiger partial charge in [0.1, 0.15) is 23.7 Å². The largest absolute Gasteiger partial charge is 0.479 e. The van der Waals surface area contributed by atoms with Crippen LogP contribution in [-0.4, -0.2) is 43.9 Å². The maximum absolute atomic E-state index is 12.1. The lowest BCUT2D eigenvalue weighted by Crippen LogP contribution is -2.51. The molecule has 3 aromatic rings. The molecule has 3 N–H and O–H groups in total. The van der Waals surface area contributed by atoms with Crippen LogP contribution in [0.1, 0.15) is 12.8 Å². The van der Waals surface area contributed by atoms with E-state index in [0.717, 1.165) is 0 Å². The van der Waals surface area contributed by atoms with Crippen LogP contribution < -0.4 is 10.6 Å². The van der Waals surface area contributed by atoms with E-state index >= 15 is 0 Å². The molecule has 9 nitrogen and oxygen atoms in total. The van der Waals surface area contributed by atoms with Crippen molar-refractivity contribution in [3.8, 4) is 11.5 Å². The molecule has 1 saturated heterocycles. The van der Waals surface area contributed by atoms with Crippen molar-refractivity contribution < 1.29 is 14.3 Å².